The van der Waals surface area contributed by atoms with Gasteiger partial charge >= 0.3 is 0 Å². The molecule has 0 aromatic rings. The van der Waals surface area contributed by atoms with Crippen LogP contribution in [0.2, 0.25) is 0 Å². The second-order valence-corrected chi connectivity index (χ2v) is 5.13. The monoisotopic (exact) mass is 228 g/mol. The van der Waals surface area contributed by atoms with Gasteiger partial charge in [0.25, 0.3) is 0 Å². The lowest BCUT2D eigenvalue weighted by Gasteiger charge is -2.36. The zero-order valence-corrected chi connectivity index (χ0v) is 9.75. The molecule has 2 saturated heterocycles. The number of hydrogen-bond donors (Lipinski definition) is 2. The van der Waals surface area contributed by atoms with Gasteiger partial charge in [-0.25, -0.2) is 0 Å². The fraction of sp³-hybridized carbons (Fsp3) is 0.909. The first kappa shape index (κ1) is 11.8. The van der Waals surface area contributed by atoms with Crippen LogP contribution >= 0.6 is 0 Å². The van der Waals surface area contributed by atoms with E-state index >= 15 is 0 Å². The largest absolute Gasteiger partial charge is 0.379 e. The Morgan fingerprint density at radius 1 is 1.25 bits per heavy atom. The van der Waals surface area contributed by atoms with Gasteiger partial charge in [-0.05, 0) is 26.2 Å². The van der Waals surface area contributed by atoms with Gasteiger partial charge in [0.05, 0.1) is 18.8 Å². The highest BCUT2D eigenvalue weighted by Crippen LogP contribution is 2.21. The maximum absolute atomic E-state index is 12.1. The van der Waals surface area contributed by atoms with Crippen LogP contribution in [-0.2, 0) is 14.3 Å². The Balaban J connectivity index is 1.95. The lowest BCUT2D eigenvalue weighted by molar-refractivity contribution is -0.130. The molecule has 16 heavy (non-hydrogen) atoms. The Hall–Kier alpha value is -0.650. The summed E-state index contributed by atoms with van der Waals surface area (Å²) in [6.07, 6.45) is 2.51. The molecule has 0 aromatic carbocycles. The average Bonchev–Trinajstić information content (AvgIpc) is 2.67. The lowest BCUT2D eigenvalue weighted by atomic mass is 9.91. The van der Waals surface area contributed by atoms with Gasteiger partial charge in [0.15, 0.2) is 0 Å². The summed E-state index contributed by atoms with van der Waals surface area (Å²) >= 11 is 0. The van der Waals surface area contributed by atoms with E-state index < -0.39 is 5.54 Å². The van der Waals surface area contributed by atoms with Crippen LogP contribution in [0.25, 0.3) is 0 Å². The number of hydrogen-bond acceptors (Lipinski definition) is 4. The third kappa shape index (κ3) is 2.36. The highest BCUT2D eigenvalue weighted by molar-refractivity contribution is 5.87. The van der Waals surface area contributed by atoms with Crippen LogP contribution < -0.4 is 11.1 Å². The maximum Gasteiger partial charge on any atom is 0.243 e. The number of ether oxygens (including phenoxy) is 2. The Morgan fingerprint density at radius 2 is 2.00 bits per heavy atom. The molecular weight excluding hydrogens is 208 g/mol. The summed E-state index contributed by atoms with van der Waals surface area (Å²) < 4.78 is 10.6. The van der Waals surface area contributed by atoms with E-state index in [0.29, 0.717) is 26.2 Å². The number of carbonyl (C=O) groups excluding carboxylic acids is 1. The molecule has 2 rings (SSSR count). The van der Waals surface area contributed by atoms with Crippen molar-refractivity contribution in [3.63, 3.8) is 0 Å². The van der Waals surface area contributed by atoms with Crippen LogP contribution in [0.1, 0.15) is 26.2 Å². The van der Waals surface area contributed by atoms with Crippen molar-refractivity contribution >= 4 is 5.91 Å². The van der Waals surface area contributed by atoms with E-state index in [1.54, 1.807) is 0 Å². The van der Waals surface area contributed by atoms with Gasteiger partial charge in [-0.2, -0.15) is 0 Å². The zero-order chi connectivity index (χ0) is 11.6. The van der Waals surface area contributed by atoms with Crippen molar-refractivity contribution in [2.24, 2.45) is 5.73 Å². The molecule has 0 saturated carbocycles. The number of amides is 1. The van der Waals surface area contributed by atoms with Gasteiger partial charge in [-0.3, -0.25) is 4.79 Å². The van der Waals surface area contributed by atoms with Gasteiger partial charge in [0.2, 0.25) is 5.91 Å². The van der Waals surface area contributed by atoms with Crippen LogP contribution in [0.3, 0.4) is 0 Å². The Bertz CT molecular complexity index is 268. The normalized spacial score (nSPS) is 39.6. The van der Waals surface area contributed by atoms with Crippen molar-refractivity contribution in [3.8, 4) is 0 Å². The SMILES string of the molecule is CC1(NC(=O)C2(N)CCOC2)CCCOC1. The predicted octanol–water partition coefficient (Wildman–Crippen LogP) is -0.211. The molecule has 0 spiro atoms. The minimum atomic E-state index is -0.847. The molecule has 92 valence electrons. The van der Waals surface area contributed by atoms with Gasteiger partial charge < -0.3 is 20.5 Å². The van der Waals surface area contributed by atoms with Crippen LogP contribution in [0.4, 0.5) is 0 Å². The van der Waals surface area contributed by atoms with Crippen LogP contribution in [0.5, 0.6) is 0 Å². The predicted molar refractivity (Wildman–Crippen MR) is 59.0 cm³/mol. The molecule has 2 heterocycles. The van der Waals surface area contributed by atoms with E-state index in [9.17, 15) is 4.79 Å². The van der Waals surface area contributed by atoms with E-state index in [1.165, 1.54) is 0 Å². The van der Waals surface area contributed by atoms with Crippen molar-refractivity contribution in [2.75, 3.05) is 26.4 Å². The average molecular weight is 228 g/mol. The van der Waals surface area contributed by atoms with E-state index in [1.807, 2.05) is 6.92 Å². The first-order chi connectivity index (χ1) is 7.54. The standard InChI is InChI=1S/C11H20N2O3/c1-10(3-2-5-15-7-10)13-9(14)11(12)4-6-16-8-11/h2-8,12H2,1H3,(H,13,14). The van der Waals surface area contributed by atoms with Gasteiger partial charge in [-0.15, -0.1) is 0 Å². The molecule has 2 aliphatic heterocycles. The van der Waals surface area contributed by atoms with E-state index in [2.05, 4.69) is 5.32 Å². The van der Waals surface area contributed by atoms with Crippen molar-refractivity contribution < 1.29 is 14.3 Å². The summed E-state index contributed by atoms with van der Waals surface area (Å²) in [5, 5.41) is 3.01. The summed E-state index contributed by atoms with van der Waals surface area (Å²) in [5.41, 5.74) is 4.88. The zero-order valence-electron chi connectivity index (χ0n) is 9.75. The summed E-state index contributed by atoms with van der Waals surface area (Å²) in [6, 6.07) is 0. The molecule has 5 heteroatoms. The summed E-state index contributed by atoms with van der Waals surface area (Å²) in [7, 11) is 0. The van der Waals surface area contributed by atoms with Crippen molar-refractivity contribution in [1.82, 2.24) is 5.32 Å². The molecule has 1 amide bonds. The summed E-state index contributed by atoms with van der Waals surface area (Å²) in [4.78, 5) is 12.1. The number of nitrogens with one attached hydrogen (secondary N) is 1. The Labute approximate surface area is 95.7 Å². The number of rotatable bonds is 2. The fourth-order valence-electron chi connectivity index (χ4n) is 2.19. The summed E-state index contributed by atoms with van der Waals surface area (Å²) in [6.45, 7) is 4.23. The van der Waals surface area contributed by atoms with E-state index in [4.69, 9.17) is 15.2 Å². The van der Waals surface area contributed by atoms with Crippen molar-refractivity contribution in [1.29, 1.82) is 0 Å². The second-order valence-electron chi connectivity index (χ2n) is 5.13. The van der Waals surface area contributed by atoms with Crippen LogP contribution in [0.15, 0.2) is 0 Å². The fourth-order valence-corrected chi connectivity index (χ4v) is 2.19. The molecule has 0 bridgehead atoms. The van der Waals surface area contributed by atoms with Crippen molar-refractivity contribution in [2.45, 2.75) is 37.3 Å². The molecule has 3 N–H and O–H groups in total. The van der Waals surface area contributed by atoms with Crippen LogP contribution in [0, 0.1) is 0 Å². The lowest BCUT2D eigenvalue weighted by Crippen LogP contribution is -2.62. The third-order valence-electron chi connectivity index (χ3n) is 3.36. The first-order valence-electron chi connectivity index (χ1n) is 5.81. The minimum Gasteiger partial charge on any atom is -0.379 e. The first-order valence-corrected chi connectivity index (χ1v) is 5.81. The molecule has 5 nitrogen and oxygen atoms in total. The van der Waals surface area contributed by atoms with Crippen molar-refractivity contribution in [3.05, 3.63) is 0 Å². The minimum absolute atomic E-state index is 0.113. The highest BCUT2D eigenvalue weighted by Gasteiger charge is 2.41. The summed E-state index contributed by atoms with van der Waals surface area (Å²) in [5.74, 6) is -0.113. The van der Waals surface area contributed by atoms with Crippen LogP contribution in [-0.4, -0.2) is 43.4 Å². The number of nitrogens with two attached hydrogens (primary N) is 1. The molecule has 2 unspecified atom stereocenters. The molecule has 0 aromatic heterocycles. The topological polar surface area (TPSA) is 73.6 Å². The van der Waals surface area contributed by atoms with Gasteiger partial charge in [0, 0.05) is 13.2 Å². The van der Waals surface area contributed by atoms with E-state index in [0.717, 1.165) is 19.4 Å². The third-order valence-corrected chi connectivity index (χ3v) is 3.36. The van der Waals surface area contributed by atoms with E-state index in [-0.39, 0.29) is 11.4 Å². The molecule has 2 fully saturated rings. The van der Waals surface area contributed by atoms with Gasteiger partial charge in [-0.1, -0.05) is 0 Å². The van der Waals surface area contributed by atoms with Gasteiger partial charge in [0.1, 0.15) is 5.54 Å². The maximum atomic E-state index is 12.1. The Morgan fingerprint density at radius 3 is 2.56 bits per heavy atom. The Kier molecular flexibility index (Phi) is 3.19. The molecule has 0 aliphatic carbocycles. The highest BCUT2D eigenvalue weighted by atomic mass is 16.5. The smallest absolute Gasteiger partial charge is 0.243 e. The molecule has 2 aliphatic rings. The second kappa shape index (κ2) is 4.31. The molecule has 2 atom stereocenters. The molecule has 0 radical (unpaired) electrons. The number of carbonyl (C=O) groups is 1. The quantitative estimate of drug-likeness (QED) is 0.686. The molecular formula is C11H20N2O3.